The molecule has 1 N–H and O–H groups in total. The van der Waals surface area contributed by atoms with Crippen LogP contribution in [0.4, 0.5) is 5.69 Å². The topological polar surface area (TPSA) is 86.4 Å². The highest BCUT2D eigenvalue weighted by atomic mass is 127. The van der Waals surface area contributed by atoms with E-state index in [9.17, 15) is 9.59 Å². The summed E-state index contributed by atoms with van der Waals surface area (Å²) in [6.45, 7) is 0.0200. The Bertz CT molecular complexity index is 874. The molecule has 1 aromatic carbocycles. The molecule has 0 saturated heterocycles. The Morgan fingerprint density at radius 1 is 1.20 bits per heavy atom. The highest BCUT2D eigenvalue weighted by molar-refractivity contribution is 14.1. The Morgan fingerprint density at radius 2 is 2.04 bits per heavy atom. The van der Waals surface area contributed by atoms with Crippen LogP contribution in [0.5, 0.6) is 0 Å². The highest BCUT2D eigenvalue weighted by Crippen LogP contribution is 2.17. The van der Waals surface area contributed by atoms with Gasteiger partial charge in [0, 0.05) is 16.0 Å². The molecule has 0 spiro atoms. The molecule has 2 heterocycles. The number of hydrogen-bond donors (Lipinski definition) is 1. The summed E-state index contributed by atoms with van der Waals surface area (Å²) >= 11 is 2.11. The van der Waals surface area contributed by atoms with Gasteiger partial charge >= 0.3 is 5.97 Å². The highest BCUT2D eigenvalue weighted by Gasteiger charge is 2.15. The fraction of sp³-hybridized carbons (Fsp3) is 0.118. The molecule has 0 saturated carbocycles. The van der Waals surface area contributed by atoms with E-state index in [2.05, 4.69) is 33.0 Å². The van der Waals surface area contributed by atoms with E-state index in [1.54, 1.807) is 35.3 Å². The maximum absolute atomic E-state index is 12.0. The van der Waals surface area contributed by atoms with Gasteiger partial charge in [0.05, 0.1) is 12.2 Å². The Labute approximate surface area is 157 Å². The smallest absolute Gasteiger partial charge is 0.374 e. The molecule has 128 valence electrons. The Hall–Kier alpha value is -2.62. The summed E-state index contributed by atoms with van der Waals surface area (Å²) < 4.78 is 13.0. The molecule has 0 atom stereocenters. The number of amides is 1. The quantitative estimate of drug-likeness (QED) is 0.460. The Morgan fingerprint density at radius 3 is 2.80 bits per heavy atom. The van der Waals surface area contributed by atoms with Crippen molar-refractivity contribution in [2.24, 2.45) is 0 Å². The van der Waals surface area contributed by atoms with Gasteiger partial charge in [-0.3, -0.25) is 9.48 Å². The summed E-state index contributed by atoms with van der Waals surface area (Å²) in [4.78, 5) is 23.8. The Kier molecular flexibility index (Phi) is 5.49. The summed E-state index contributed by atoms with van der Waals surface area (Å²) in [5.41, 5.74) is 0.670. The molecule has 8 heteroatoms. The number of nitrogens with one attached hydrogen (secondary N) is 1. The van der Waals surface area contributed by atoms with Gasteiger partial charge in [0.2, 0.25) is 5.76 Å². The zero-order valence-electron chi connectivity index (χ0n) is 13.0. The molecular weight excluding hydrogens is 437 g/mol. The molecular formula is C17H14IN3O4. The molecule has 25 heavy (non-hydrogen) atoms. The van der Waals surface area contributed by atoms with Crippen molar-refractivity contribution in [1.29, 1.82) is 0 Å². The lowest BCUT2D eigenvalue weighted by Crippen LogP contribution is -2.21. The molecule has 0 radical (unpaired) electrons. The zero-order chi connectivity index (χ0) is 17.6. The van der Waals surface area contributed by atoms with Crippen LogP contribution in [-0.2, 0) is 16.1 Å². The number of esters is 1. The van der Waals surface area contributed by atoms with Crippen LogP contribution in [0.3, 0.4) is 0 Å². The number of anilines is 1. The van der Waals surface area contributed by atoms with Crippen LogP contribution >= 0.6 is 22.6 Å². The number of aromatic nitrogens is 2. The van der Waals surface area contributed by atoms with Gasteiger partial charge in [-0.2, -0.15) is 5.10 Å². The number of nitrogens with zero attached hydrogens (tertiary/aromatic N) is 2. The summed E-state index contributed by atoms with van der Waals surface area (Å²) in [5, 5.41) is 6.75. The second kappa shape index (κ2) is 7.97. The van der Waals surface area contributed by atoms with Crippen LogP contribution in [-0.4, -0.2) is 28.3 Å². The first kappa shape index (κ1) is 17.2. The maximum Gasteiger partial charge on any atom is 0.374 e. The van der Waals surface area contributed by atoms with E-state index in [0.29, 0.717) is 18.0 Å². The summed E-state index contributed by atoms with van der Waals surface area (Å²) in [6, 6.07) is 12.3. The minimum absolute atomic E-state index is 0.0456. The van der Waals surface area contributed by atoms with Crippen molar-refractivity contribution in [3.63, 3.8) is 0 Å². The van der Waals surface area contributed by atoms with Crippen molar-refractivity contribution in [2.75, 3.05) is 11.9 Å². The number of benzene rings is 1. The zero-order valence-corrected chi connectivity index (χ0v) is 15.2. The van der Waals surface area contributed by atoms with E-state index in [0.717, 1.165) is 3.57 Å². The molecule has 0 aliphatic carbocycles. The molecule has 0 bridgehead atoms. The third-order valence-electron chi connectivity index (χ3n) is 3.22. The van der Waals surface area contributed by atoms with Gasteiger partial charge in [0.1, 0.15) is 5.76 Å². The third-order valence-corrected chi connectivity index (χ3v) is 4.16. The lowest BCUT2D eigenvalue weighted by atomic mass is 10.3. The summed E-state index contributed by atoms with van der Waals surface area (Å²) in [7, 11) is 0. The molecule has 0 aliphatic heterocycles. The number of ether oxygens (including phenoxy) is 1. The van der Waals surface area contributed by atoms with Gasteiger partial charge in [-0.1, -0.05) is 12.1 Å². The molecule has 0 aliphatic rings. The average molecular weight is 451 g/mol. The monoisotopic (exact) mass is 451 g/mol. The van der Waals surface area contributed by atoms with E-state index in [1.807, 2.05) is 18.2 Å². The third kappa shape index (κ3) is 4.69. The van der Waals surface area contributed by atoms with E-state index in [1.165, 1.54) is 6.07 Å². The summed E-state index contributed by atoms with van der Waals surface area (Å²) in [6.07, 6.45) is 3.44. The number of rotatable bonds is 6. The van der Waals surface area contributed by atoms with Crippen LogP contribution in [0.25, 0.3) is 0 Å². The number of carbonyl (C=O) groups is 2. The molecule has 7 nitrogen and oxygen atoms in total. The van der Waals surface area contributed by atoms with Crippen LogP contribution in [0.2, 0.25) is 0 Å². The van der Waals surface area contributed by atoms with Gasteiger partial charge in [0.25, 0.3) is 5.91 Å². The Balaban J connectivity index is 1.51. The van der Waals surface area contributed by atoms with E-state index in [4.69, 9.17) is 9.15 Å². The van der Waals surface area contributed by atoms with Crippen LogP contribution in [0.15, 0.2) is 59.3 Å². The van der Waals surface area contributed by atoms with E-state index < -0.39 is 11.9 Å². The van der Waals surface area contributed by atoms with Crippen molar-refractivity contribution in [3.05, 3.63) is 69.9 Å². The first-order valence-electron chi connectivity index (χ1n) is 7.39. The SMILES string of the molecule is O=C(COC(=O)c1ccc(Cn2cccn2)o1)Nc1ccccc1I. The predicted molar refractivity (Wildman–Crippen MR) is 98.1 cm³/mol. The lowest BCUT2D eigenvalue weighted by molar-refractivity contribution is -0.119. The molecule has 1 amide bonds. The predicted octanol–water partition coefficient (Wildman–Crippen LogP) is 2.92. The number of furan rings is 1. The van der Waals surface area contributed by atoms with Gasteiger partial charge in [0.15, 0.2) is 6.61 Å². The largest absolute Gasteiger partial charge is 0.452 e. The standard InChI is InChI=1S/C17H14IN3O4/c18-13-4-1-2-5-14(13)20-16(22)11-24-17(23)15-7-6-12(25-15)10-21-9-3-8-19-21/h1-9H,10-11H2,(H,20,22). The maximum atomic E-state index is 12.0. The van der Waals surface area contributed by atoms with Gasteiger partial charge < -0.3 is 14.5 Å². The van der Waals surface area contributed by atoms with Crippen LogP contribution in [0, 0.1) is 3.57 Å². The normalized spacial score (nSPS) is 10.4. The number of hydrogen-bond acceptors (Lipinski definition) is 5. The fourth-order valence-corrected chi connectivity index (χ4v) is 2.60. The molecule has 0 unspecified atom stereocenters. The van der Waals surface area contributed by atoms with Gasteiger partial charge in [-0.05, 0) is 52.9 Å². The van der Waals surface area contributed by atoms with Crippen molar-refractivity contribution < 1.29 is 18.7 Å². The second-order valence-corrected chi connectivity index (χ2v) is 6.24. The van der Waals surface area contributed by atoms with Crippen molar-refractivity contribution in [3.8, 4) is 0 Å². The number of halogens is 1. The molecule has 3 aromatic rings. The lowest BCUT2D eigenvalue weighted by Gasteiger charge is -2.07. The first-order valence-corrected chi connectivity index (χ1v) is 8.47. The molecule has 3 rings (SSSR count). The van der Waals surface area contributed by atoms with E-state index in [-0.39, 0.29) is 12.4 Å². The number of carbonyl (C=O) groups excluding carboxylic acids is 2. The summed E-state index contributed by atoms with van der Waals surface area (Å²) in [5.74, 6) is -0.492. The van der Waals surface area contributed by atoms with E-state index >= 15 is 0 Å². The minimum Gasteiger partial charge on any atom is -0.452 e. The van der Waals surface area contributed by atoms with Gasteiger partial charge in [-0.25, -0.2) is 4.79 Å². The van der Waals surface area contributed by atoms with Crippen LogP contribution < -0.4 is 5.32 Å². The average Bonchev–Trinajstić information content (AvgIpc) is 3.27. The van der Waals surface area contributed by atoms with Crippen molar-refractivity contribution in [1.82, 2.24) is 9.78 Å². The second-order valence-electron chi connectivity index (χ2n) is 5.07. The van der Waals surface area contributed by atoms with Crippen molar-refractivity contribution >= 4 is 40.2 Å². The molecule has 0 fully saturated rings. The van der Waals surface area contributed by atoms with Crippen LogP contribution in [0.1, 0.15) is 16.3 Å². The molecule has 2 aromatic heterocycles. The van der Waals surface area contributed by atoms with Gasteiger partial charge in [-0.15, -0.1) is 0 Å². The van der Waals surface area contributed by atoms with Crippen molar-refractivity contribution in [2.45, 2.75) is 6.54 Å². The fourth-order valence-electron chi connectivity index (χ4n) is 2.08. The first-order chi connectivity index (χ1) is 12.1. The minimum atomic E-state index is -0.690. The number of para-hydroxylation sites is 1.